The molecule has 0 saturated carbocycles. The molecule has 0 bridgehead atoms. The number of aliphatic hydroxyl groups excluding tert-OH is 2. The predicted octanol–water partition coefficient (Wildman–Crippen LogP) is 0.236. The van der Waals surface area contributed by atoms with Gasteiger partial charge in [-0.1, -0.05) is 26.0 Å². The van der Waals surface area contributed by atoms with Crippen LogP contribution >= 0.6 is 0 Å². The van der Waals surface area contributed by atoms with E-state index in [1.165, 1.54) is 38.2 Å². The first-order valence-electron chi connectivity index (χ1n) is 12.2. The summed E-state index contributed by atoms with van der Waals surface area (Å²) in [5.41, 5.74) is 2.91. The summed E-state index contributed by atoms with van der Waals surface area (Å²) in [6, 6.07) is 4.99. The number of nitrogens with zero attached hydrogens (tertiary/aromatic N) is 4. The Morgan fingerprint density at radius 2 is 1.70 bits per heavy atom. The fourth-order valence-electron chi connectivity index (χ4n) is 3.02. The number of hydrogen-bond donors (Lipinski definition) is 6. The van der Waals surface area contributed by atoms with E-state index in [0.717, 1.165) is 4.57 Å². The Morgan fingerprint density at radius 3 is 2.17 bits per heavy atom. The topological polar surface area (TPSA) is 219 Å². The minimum Gasteiger partial charge on any atom is -0.501 e. The lowest BCUT2D eigenvalue weighted by Crippen LogP contribution is -2.46. The molecule has 15 heteroatoms. The molecule has 0 radical (unpaired) electrons. The number of carbonyl (C=O) groups excluding carboxylic acids is 2. The van der Waals surface area contributed by atoms with Gasteiger partial charge in [0, 0.05) is 20.5 Å². The fraction of sp³-hybridized carbons (Fsp3) is 0.440. The minimum atomic E-state index is -1.27. The molecule has 0 aliphatic rings. The maximum absolute atomic E-state index is 13.0. The molecule has 0 unspecified atom stereocenters. The van der Waals surface area contributed by atoms with Crippen molar-refractivity contribution in [1.29, 1.82) is 0 Å². The number of amides is 2. The Hall–Kier alpha value is -4.21. The molecule has 0 aliphatic carbocycles. The lowest BCUT2D eigenvalue weighted by molar-refractivity contribution is 0.0869. The maximum atomic E-state index is 13.0. The van der Waals surface area contributed by atoms with Crippen molar-refractivity contribution >= 4 is 11.8 Å². The van der Waals surface area contributed by atoms with Gasteiger partial charge in [-0.15, -0.1) is 10.2 Å². The zero-order chi connectivity index (χ0) is 30.6. The second kappa shape index (κ2) is 15.4. The normalized spacial score (nSPS) is 10.7. The summed E-state index contributed by atoms with van der Waals surface area (Å²) < 4.78 is 19.1. The molecular formula is C25H36FN7O7. The van der Waals surface area contributed by atoms with Crippen molar-refractivity contribution in [2.45, 2.75) is 52.7 Å². The van der Waals surface area contributed by atoms with E-state index in [9.17, 15) is 23.9 Å². The molecule has 0 spiro atoms. The van der Waals surface area contributed by atoms with Crippen LogP contribution in [0.25, 0.3) is 0 Å². The highest BCUT2D eigenvalue weighted by atomic mass is 19.1. The number of aliphatic hydroxyl groups is 2. The van der Waals surface area contributed by atoms with Crippen LogP contribution in [0.4, 0.5) is 4.39 Å². The van der Waals surface area contributed by atoms with Gasteiger partial charge in [0.1, 0.15) is 11.6 Å². The summed E-state index contributed by atoms with van der Waals surface area (Å²) in [5.74, 6) is -2.88. The van der Waals surface area contributed by atoms with Crippen molar-refractivity contribution in [2.24, 2.45) is 12.8 Å². The van der Waals surface area contributed by atoms with Crippen molar-refractivity contribution < 1.29 is 33.7 Å². The van der Waals surface area contributed by atoms with Gasteiger partial charge in [0.05, 0.1) is 24.8 Å². The van der Waals surface area contributed by atoms with E-state index >= 15 is 0 Å². The van der Waals surface area contributed by atoms with E-state index in [4.69, 9.17) is 20.4 Å². The van der Waals surface area contributed by atoms with Crippen LogP contribution in [0.15, 0.2) is 33.5 Å². The average Bonchev–Trinajstić information content (AvgIpc) is 3.38. The van der Waals surface area contributed by atoms with Crippen LogP contribution in [0.2, 0.25) is 0 Å². The lowest BCUT2D eigenvalue weighted by atomic mass is 10.0. The number of rotatable bonds is 8. The summed E-state index contributed by atoms with van der Waals surface area (Å²) in [6.07, 6.45) is 0. The van der Waals surface area contributed by atoms with Crippen molar-refractivity contribution in [2.75, 3.05) is 13.2 Å². The molecule has 0 fully saturated rings. The summed E-state index contributed by atoms with van der Waals surface area (Å²) >= 11 is 0. The van der Waals surface area contributed by atoms with E-state index in [-0.39, 0.29) is 37.4 Å². The van der Waals surface area contributed by atoms with Crippen LogP contribution in [0.1, 0.15) is 66.1 Å². The monoisotopic (exact) mass is 565 g/mol. The number of nitrogens with one attached hydrogen (secondary N) is 2. The van der Waals surface area contributed by atoms with Crippen LogP contribution in [-0.2, 0) is 19.1 Å². The standard InChI is InChI=1S/C20H21FN6O5.C3H9NO2.C2H6/c1-10-25-26-17(32-10)16(30)24-20(2,3)19-23-13(14(28)18(31)27(19)4)15(29)22-9-11-5-7-12(21)8-6-11;4-3(1-5)2-6;1-2/h5-8,28H,9H2,1-4H3,(H,22,29)(H,24,30);3,5-6H,1-2,4H2;1-2H3. The van der Waals surface area contributed by atoms with Gasteiger partial charge in [-0.25, -0.2) is 9.37 Å². The van der Waals surface area contributed by atoms with Crippen molar-refractivity contribution in [1.82, 2.24) is 30.4 Å². The van der Waals surface area contributed by atoms with Gasteiger partial charge in [-0.05, 0) is 31.5 Å². The van der Waals surface area contributed by atoms with Crippen LogP contribution in [0, 0.1) is 12.7 Å². The Balaban J connectivity index is 0.000000885. The molecule has 220 valence electrons. The third-order valence-corrected chi connectivity index (χ3v) is 5.02. The number of carbonyl (C=O) groups is 2. The molecular weight excluding hydrogens is 529 g/mol. The number of hydrogen-bond acceptors (Lipinski definition) is 11. The second-order valence-corrected chi connectivity index (χ2v) is 8.64. The Bertz CT molecular complexity index is 1320. The van der Waals surface area contributed by atoms with Gasteiger partial charge in [0.2, 0.25) is 11.6 Å². The van der Waals surface area contributed by atoms with E-state index in [0.29, 0.717) is 5.56 Å². The number of aromatic nitrogens is 4. The van der Waals surface area contributed by atoms with E-state index in [2.05, 4.69) is 25.8 Å². The molecule has 0 aliphatic heterocycles. The highest BCUT2D eigenvalue weighted by molar-refractivity contribution is 5.94. The van der Waals surface area contributed by atoms with Gasteiger partial charge in [-0.2, -0.15) is 0 Å². The van der Waals surface area contributed by atoms with Crippen molar-refractivity contribution in [3.8, 4) is 5.75 Å². The van der Waals surface area contributed by atoms with E-state index < -0.39 is 46.2 Å². The van der Waals surface area contributed by atoms with Crippen molar-refractivity contribution in [3.05, 3.63) is 69.3 Å². The number of aromatic hydroxyl groups is 1. The molecule has 0 atom stereocenters. The Kier molecular flexibility index (Phi) is 13.0. The first-order chi connectivity index (χ1) is 18.8. The smallest absolute Gasteiger partial charge is 0.309 e. The first kappa shape index (κ1) is 33.8. The largest absolute Gasteiger partial charge is 0.501 e. The second-order valence-electron chi connectivity index (χ2n) is 8.64. The molecule has 14 nitrogen and oxygen atoms in total. The molecule has 3 rings (SSSR count). The van der Waals surface area contributed by atoms with Gasteiger partial charge < -0.3 is 36.1 Å². The fourth-order valence-corrected chi connectivity index (χ4v) is 3.02. The number of halogens is 1. The van der Waals surface area contributed by atoms with Crippen LogP contribution < -0.4 is 21.9 Å². The highest BCUT2D eigenvalue weighted by Crippen LogP contribution is 2.20. The van der Waals surface area contributed by atoms with E-state index in [1.54, 1.807) is 13.8 Å². The summed E-state index contributed by atoms with van der Waals surface area (Å²) in [6.45, 7) is 8.35. The zero-order valence-electron chi connectivity index (χ0n) is 23.2. The number of nitrogens with two attached hydrogens (primary N) is 1. The molecule has 2 heterocycles. The molecule has 1 aromatic carbocycles. The molecule has 2 amide bonds. The van der Waals surface area contributed by atoms with Crippen LogP contribution in [-0.4, -0.2) is 66.1 Å². The third kappa shape index (κ3) is 9.21. The average molecular weight is 566 g/mol. The van der Waals surface area contributed by atoms with Gasteiger partial charge in [0.15, 0.2) is 5.69 Å². The Labute approximate surface area is 230 Å². The molecule has 40 heavy (non-hydrogen) atoms. The quantitative estimate of drug-likeness (QED) is 0.217. The zero-order valence-corrected chi connectivity index (χ0v) is 23.2. The molecule has 7 N–H and O–H groups in total. The molecule has 2 aromatic heterocycles. The number of benzene rings is 1. The summed E-state index contributed by atoms with van der Waals surface area (Å²) in [7, 11) is 1.34. The maximum Gasteiger partial charge on any atom is 0.309 e. The van der Waals surface area contributed by atoms with Crippen molar-refractivity contribution in [3.63, 3.8) is 0 Å². The van der Waals surface area contributed by atoms with E-state index in [1.807, 2.05) is 13.8 Å². The first-order valence-corrected chi connectivity index (χ1v) is 12.2. The van der Waals surface area contributed by atoms with Gasteiger partial charge in [-0.3, -0.25) is 19.0 Å². The minimum absolute atomic E-state index is 0.00294. The molecule has 0 saturated heterocycles. The predicted molar refractivity (Wildman–Crippen MR) is 142 cm³/mol. The van der Waals surface area contributed by atoms with Crippen LogP contribution in [0.5, 0.6) is 5.75 Å². The lowest BCUT2D eigenvalue weighted by Gasteiger charge is -2.27. The summed E-state index contributed by atoms with van der Waals surface area (Å²) in [4.78, 5) is 41.7. The SMILES string of the molecule is CC.Cc1nnc(C(=O)NC(C)(C)c2nc(C(=O)NCc3ccc(F)cc3)c(O)c(=O)n2C)o1.NC(CO)CO. The Morgan fingerprint density at radius 1 is 1.12 bits per heavy atom. The summed E-state index contributed by atoms with van der Waals surface area (Å²) in [5, 5.41) is 38.7. The highest BCUT2D eigenvalue weighted by Gasteiger charge is 2.32. The number of aryl methyl sites for hydroxylation is 1. The van der Waals surface area contributed by atoms with Gasteiger partial charge in [0.25, 0.3) is 11.5 Å². The third-order valence-electron chi connectivity index (χ3n) is 5.02. The molecule has 3 aromatic rings. The van der Waals surface area contributed by atoms with Gasteiger partial charge >= 0.3 is 11.8 Å². The van der Waals surface area contributed by atoms with Crippen LogP contribution in [0.3, 0.4) is 0 Å².